The van der Waals surface area contributed by atoms with Crippen molar-refractivity contribution in [3.63, 3.8) is 0 Å². The molecule has 3 aromatic rings. The number of nitriles is 1. The fourth-order valence-corrected chi connectivity index (χ4v) is 6.18. The molecule has 6 rings (SSSR count). The minimum absolute atomic E-state index is 0.0716. The van der Waals surface area contributed by atoms with Gasteiger partial charge in [-0.3, -0.25) is 9.69 Å². The van der Waals surface area contributed by atoms with Crippen LogP contribution in [-0.2, 0) is 16.6 Å². The van der Waals surface area contributed by atoms with Gasteiger partial charge in [-0.1, -0.05) is 39.0 Å². The quantitative estimate of drug-likeness (QED) is 0.509. The summed E-state index contributed by atoms with van der Waals surface area (Å²) in [6.45, 7) is 12.3. The van der Waals surface area contributed by atoms with E-state index in [4.69, 9.17) is 4.74 Å². The number of nitrogens with one attached hydrogen (secondary N) is 1. The highest BCUT2D eigenvalue weighted by molar-refractivity contribution is 6.20. The van der Waals surface area contributed by atoms with E-state index in [0.717, 1.165) is 85.5 Å². The van der Waals surface area contributed by atoms with Crippen molar-refractivity contribution in [3.05, 3.63) is 76.0 Å². The van der Waals surface area contributed by atoms with Gasteiger partial charge >= 0.3 is 0 Å². The maximum atomic E-state index is 14.0. The maximum Gasteiger partial charge on any atom is 0.195 e. The molecule has 6 heteroatoms. The van der Waals surface area contributed by atoms with Gasteiger partial charge in [-0.25, -0.2) is 0 Å². The van der Waals surface area contributed by atoms with Crippen molar-refractivity contribution in [2.24, 2.45) is 0 Å². The minimum Gasteiger partial charge on any atom is -0.378 e. The average molecular weight is 495 g/mol. The Morgan fingerprint density at radius 2 is 1.92 bits per heavy atom. The van der Waals surface area contributed by atoms with Gasteiger partial charge in [0.1, 0.15) is 0 Å². The molecule has 2 fully saturated rings. The van der Waals surface area contributed by atoms with Crippen LogP contribution in [0.5, 0.6) is 0 Å². The Kier molecular flexibility index (Phi) is 5.94. The Bertz CT molecular complexity index is 1450. The van der Waals surface area contributed by atoms with Crippen LogP contribution >= 0.6 is 0 Å². The van der Waals surface area contributed by atoms with Crippen molar-refractivity contribution in [2.45, 2.75) is 45.1 Å². The summed E-state index contributed by atoms with van der Waals surface area (Å²) >= 11 is 0. The van der Waals surface area contributed by atoms with Crippen LogP contribution in [0.1, 0.15) is 65.5 Å². The molecule has 1 N–H and O–H groups in total. The number of ketones is 1. The molecule has 0 atom stereocenters. The second kappa shape index (κ2) is 9.16. The van der Waals surface area contributed by atoms with E-state index in [0.29, 0.717) is 11.6 Å². The predicted octanol–water partition coefficient (Wildman–Crippen LogP) is 4.94. The SMILES string of the molecule is CC/C=C/Cc1cc2c(cc1N1CCN(C3COC3)CC1)C(C)(C)c1[nH]c3cc(C#N)ccc3c1C2=O. The third kappa shape index (κ3) is 3.89. The summed E-state index contributed by atoms with van der Waals surface area (Å²) in [7, 11) is 0. The number of H-pyrrole nitrogens is 1. The van der Waals surface area contributed by atoms with Crippen molar-refractivity contribution in [1.82, 2.24) is 9.88 Å². The van der Waals surface area contributed by atoms with Crippen LogP contribution in [-0.4, -0.2) is 61.1 Å². The molecule has 6 nitrogen and oxygen atoms in total. The first kappa shape index (κ1) is 24.0. The highest BCUT2D eigenvalue weighted by Crippen LogP contribution is 2.46. The normalized spacial score (nSPS) is 19.6. The van der Waals surface area contributed by atoms with E-state index >= 15 is 0 Å². The Balaban J connectivity index is 1.43. The van der Waals surface area contributed by atoms with Crippen LogP contribution in [0.25, 0.3) is 10.9 Å². The van der Waals surface area contributed by atoms with Crippen molar-refractivity contribution < 1.29 is 9.53 Å². The van der Waals surface area contributed by atoms with Crippen molar-refractivity contribution >= 4 is 22.4 Å². The zero-order chi connectivity index (χ0) is 25.7. The molecule has 0 amide bonds. The highest BCUT2D eigenvalue weighted by atomic mass is 16.5. The van der Waals surface area contributed by atoms with E-state index in [-0.39, 0.29) is 11.2 Å². The van der Waals surface area contributed by atoms with Gasteiger partial charge in [0.15, 0.2) is 5.78 Å². The molecule has 0 spiro atoms. The van der Waals surface area contributed by atoms with Gasteiger partial charge in [-0.15, -0.1) is 0 Å². The van der Waals surface area contributed by atoms with Crippen molar-refractivity contribution in [2.75, 3.05) is 44.3 Å². The lowest BCUT2D eigenvalue weighted by atomic mass is 9.70. The zero-order valence-electron chi connectivity index (χ0n) is 21.9. The van der Waals surface area contributed by atoms with E-state index in [1.807, 2.05) is 12.1 Å². The number of benzene rings is 2. The Morgan fingerprint density at radius 3 is 2.59 bits per heavy atom. The number of aromatic amines is 1. The number of hydrogen-bond donors (Lipinski definition) is 1. The maximum absolute atomic E-state index is 14.0. The largest absolute Gasteiger partial charge is 0.378 e. The molecular weight excluding hydrogens is 460 g/mol. The first-order valence-corrected chi connectivity index (χ1v) is 13.4. The van der Waals surface area contributed by atoms with E-state index in [2.05, 4.69) is 65.9 Å². The highest BCUT2D eigenvalue weighted by Gasteiger charge is 2.41. The van der Waals surface area contributed by atoms with E-state index in [1.165, 1.54) is 11.3 Å². The summed E-state index contributed by atoms with van der Waals surface area (Å²) in [4.78, 5) is 22.6. The first-order chi connectivity index (χ1) is 17.9. The molecule has 0 saturated carbocycles. The number of fused-ring (bicyclic) bond motifs is 4. The monoisotopic (exact) mass is 494 g/mol. The summed E-state index contributed by atoms with van der Waals surface area (Å²) in [5.74, 6) is 0.0716. The lowest BCUT2D eigenvalue weighted by Gasteiger charge is -2.44. The van der Waals surface area contributed by atoms with Crippen molar-refractivity contribution in [3.8, 4) is 6.07 Å². The molecule has 37 heavy (non-hydrogen) atoms. The van der Waals surface area contributed by atoms with E-state index < -0.39 is 0 Å². The molecule has 1 aromatic heterocycles. The van der Waals surface area contributed by atoms with Gasteiger partial charge in [0.05, 0.1) is 36.5 Å². The Hall–Kier alpha value is -3.40. The lowest BCUT2D eigenvalue weighted by Crippen LogP contribution is -2.56. The number of carbonyl (C=O) groups excluding carboxylic acids is 1. The molecule has 1 aliphatic carbocycles. The third-order valence-electron chi connectivity index (χ3n) is 8.45. The number of carbonyl (C=O) groups is 1. The van der Waals surface area contributed by atoms with Gasteiger partial charge in [-0.2, -0.15) is 5.26 Å². The third-order valence-corrected chi connectivity index (χ3v) is 8.45. The molecule has 190 valence electrons. The van der Waals surface area contributed by atoms with Crippen LogP contribution in [0.15, 0.2) is 42.5 Å². The number of aromatic nitrogens is 1. The van der Waals surface area contributed by atoms with E-state index in [9.17, 15) is 10.1 Å². The summed E-state index contributed by atoms with van der Waals surface area (Å²) < 4.78 is 5.42. The molecule has 2 saturated heterocycles. The zero-order valence-corrected chi connectivity index (χ0v) is 21.9. The van der Waals surface area contributed by atoms with Gasteiger partial charge in [0.25, 0.3) is 0 Å². The molecule has 0 unspecified atom stereocenters. The van der Waals surface area contributed by atoms with Gasteiger partial charge in [0.2, 0.25) is 0 Å². The second-order valence-corrected chi connectivity index (χ2v) is 11.0. The fraction of sp³-hybridized carbons (Fsp3) is 0.419. The van der Waals surface area contributed by atoms with Crippen LogP contribution in [0.3, 0.4) is 0 Å². The van der Waals surface area contributed by atoms with Gasteiger partial charge in [-0.05, 0) is 48.2 Å². The standard InChI is InChI=1S/C31H34N4O2/c1-4-5-6-7-21-15-24-25(16-27(21)35-12-10-34(11-13-35)22-18-37-19-22)31(2,3)30-28(29(24)36)23-9-8-20(17-32)14-26(23)33-30/h5-6,8-9,14-16,22,33H,4,7,10-13,18-19H2,1-3H3/b6-5+. The molecule has 3 aliphatic rings. The lowest BCUT2D eigenvalue weighted by molar-refractivity contribution is -0.0660. The predicted molar refractivity (Wildman–Crippen MR) is 147 cm³/mol. The summed E-state index contributed by atoms with van der Waals surface area (Å²) in [5.41, 5.74) is 7.09. The van der Waals surface area contributed by atoms with Crippen LogP contribution in [0, 0.1) is 11.3 Å². The topological polar surface area (TPSA) is 72.4 Å². The van der Waals surface area contributed by atoms with Crippen LogP contribution in [0.4, 0.5) is 5.69 Å². The molecule has 0 radical (unpaired) electrons. The minimum atomic E-state index is -0.373. The summed E-state index contributed by atoms with van der Waals surface area (Å²) in [5, 5.41) is 10.3. The molecule has 2 aromatic carbocycles. The molecule has 3 heterocycles. The van der Waals surface area contributed by atoms with Gasteiger partial charge < -0.3 is 14.6 Å². The van der Waals surface area contributed by atoms with Crippen LogP contribution < -0.4 is 4.90 Å². The molecular formula is C31H34N4O2. The molecule has 0 bridgehead atoms. The first-order valence-electron chi connectivity index (χ1n) is 13.4. The number of allylic oxidation sites excluding steroid dienone is 2. The van der Waals surface area contributed by atoms with Gasteiger partial charge in [0, 0.05) is 59.4 Å². The smallest absolute Gasteiger partial charge is 0.195 e. The number of rotatable bonds is 5. The number of nitrogens with zero attached hydrogens (tertiary/aromatic N) is 3. The molecule has 2 aliphatic heterocycles. The number of ether oxygens (including phenoxy) is 1. The average Bonchev–Trinajstić information content (AvgIpc) is 3.27. The number of hydrogen-bond acceptors (Lipinski definition) is 5. The van der Waals surface area contributed by atoms with E-state index in [1.54, 1.807) is 6.07 Å². The van der Waals surface area contributed by atoms with Crippen LogP contribution in [0.2, 0.25) is 0 Å². The van der Waals surface area contributed by atoms with Crippen molar-refractivity contribution in [1.29, 1.82) is 5.26 Å². The number of piperazine rings is 1. The Labute approximate surface area is 218 Å². The summed E-state index contributed by atoms with van der Waals surface area (Å²) in [6, 6.07) is 12.8. The second-order valence-electron chi connectivity index (χ2n) is 11.0. The number of anilines is 1. The fourth-order valence-electron chi connectivity index (χ4n) is 6.18. The Morgan fingerprint density at radius 1 is 1.14 bits per heavy atom. The summed E-state index contributed by atoms with van der Waals surface area (Å²) in [6.07, 6.45) is 6.24.